The maximum atomic E-state index is 12.4. The third-order valence-electron chi connectivity index (χ3n) is 2.41. The van der Waals surface area contributed by atoms with E-state index in [0.29, 0.717) is 6.54 Å². The van der Waals surface area contributed by atoms with Crippen LogP contribution >= 0.6 is 0 Å². The van der Waals surface area contributed by atoms with Crippen molar-refractivity contribution >= 4 is 11.6 Å². The highest BCUT2D eigenvalue weighted by Crippen LogP contribution is 2.30. The average Bonchev–Trinajstić information content (AvgIpc) is 2.27. The lowest BCUT2D eigenvalue weighted by Crippen LogP contribution is -2.20. The summed E-state index contributed by atoms with van der Waals surface area (Å²) < 4.78 is 37.3. The number of hydrogen-bond acceptors (Lipinski definition) is 2. The molecule has 0 aliphatic rings. The van der Waals surface area contributed by atoms with Gasteiger partial charge in [-0.3, -0.25) is 4.79 Å². The van der Waals surface area contributed by atoms with Crippen LogP contribution < -0.4 is 11.1 Å². The molecule has 1 aromatic carbocycles. The fraction of sp³-hybridized carbons (Fsp3) is 0.417. The number of amides is 1. The van der Waals surface area contributed by atoms with Crippen molar-refractivity contribution in [1.82, 2.24) is 0 Å². The van der Waals surface area contributed by atoms with Gasteiger partial charge < -0.3 is 11.1 Å². The molecule has 1 aromatic rings. The highest BCUT2D eigenvalue weighted by molar-refractivity contribution is 5.90. The van der Waals surface area contributed by atoms with E-state index in [0.717, 1.165) is 12.1 Å². The molecule has 0 aromatic heterocycles. The Kier molecular flexibility index (Phi) is 4.72. The fourth-order valence-corrected chi connectivity index (χ4v) is 1.39. The van der Waals surface area contributed by atoms with Crippen LogP contribution in [0, 0.1) is 5.92 Å². The molecule has 3 nitrogen and oxygen atoms in total. The number of carbonyl (C=O) groups excluding carboxylic acids is 1. The van der Waals surface area contributed by atoms with E-state index in [1.165, 1.54) is 12.1 Å². The molecule has 3 N–H and O–H groups in total. The minimum Gasteiger partial charge on any atom is -0.330 e. The number of nitrogens with two attached hydrogens (primary N) is 1. The molecule has 1 amide bonds. The Morgan fingerprint density at radius 1 is 1.44 bits per heavy atom. The Morgan fingerprint density at radius 3 is 2.67 bits per heavy atom. The van der Waals surface area contributed by atoms with Gasteiger partial charge in [0.05, 0.1) is 5.56 Å². The molecule has 0 spiro atoms. The molecule has 0 fully saturated rings. The van der Waals surface area contributed by atoms with Gasteiger partial charge in [0.25, 0.3) is 0 Å². The van der Waals surface area contributed by atoms with E-state index in [4.69, 9.17) is 5.73 Å². The van der Waals surface area contributed by atoms with Crippen LogP contribution in [0.2, 0.25) is 0 Å². The summed E-state index contributed by atoms with van der Waals surface area (Å²) in [5.41, 5.74) is 4.72. The number of nitrogens with one attached hydrogen (secondary N) is 1. The second kappa shape index (κ2) is 5.86. The number of carbonyl (C=O) groups is 1. The summed E-state index contributed by atoms with van der Waals surface area (Å²) in [6, 6.07) is 4.54. The largest absolute Gasteiger partial charge is 0.416 e. The highest BCUT2D eigenvalue weighted by Gasteiger charge is 2.30. The maximum Gasteiger partial charge on any atom is 0.416 e. The van der Waals surface area contributed by atoms with E-state index in [-0.39, 0.29) is 23.9 Å². The molecular formula is C12H15F3N2O. The van der Waals surface area contributed by atoms with E-state index in [1.54, 1.807) is 6.92 Å². The fourth-order valence-electron chi connectivity index (χ4n) is 1.39. The monoisotopic (exact) mass is 260 g/mol. The Balaban J connectivity index is 2.71. The van der Waals surface area contributed by atoms with Crippen molar-refractivity contribution in [2.24, 2.45) is 11.7 Å². The summed E-state index contributed by atoms with van der Waals surface area (Å²) in [5.74, 6) is -0.344. The molecule has 18 heavy (non-hydrogen) atoms. The van der Waals surface area contributed by atoms with Gasteiger partial charge in [0.15, 0.2) is 0 Å². The first-order valence-corrected chi connectivity index (χ1v) is 5.50. The minimum atomic E-state index is -4.41. The van der Waals surface area contributed by atoms with Crippen molar-refractivity contribution in [3.8, 4) is 0 Å². The molecular weight excluding hydrogens is 245 g/mol. The van der Waals surface area contributed by atoms with Gasteiger partial charge in [-0.15, -0.1) is 0 Å². The Labute approximate surface area is 103 Å². The third kappa shape index (κ3) is 4.37. The lowest BCUT2D eigenvalue weighted by molar-refractivity contribution is -0.137. The van der Waals surface area contributed by atoms with Gasteiger partial charge in [-0.1, -0.05) is 13.0 Å². The summed E-state index contributed by atoms with van der Waals surface area (Å²) in [6.45, 7) is 2.15. The van der Waals surface area contributed by atoms with E-state index in [2.05, 4.69) is 5.32 Å². The van der Waals surface area contributed by atoms with Crippen molar-refractivity contribution in [2.75, 3.05) is 11.9 Å². The van der Waals surface area contributed by atoms with Gasteiger partial charge in [-0.2, -0.15) is 13.2 Å². The van der Waals surface area contributed by atoms with Crippen LogP contribution in [-0.4, -0.2) is 12.5 Å². The van der Waals surface area contributed by atoms with Crippen LogP contribution in [0.1, 0.15) is 18.9 Å². The van der Waals surface area contributed by atoms with Gasteiger partial charge in [0.1, 0.15) is 0 Å². The second-order valence-electron chi connectivity index (χ2n) is 4.17. The van der Waals surface area contributed by atoms with E-state index < -0.39 is 11.7 Å². The van der Waals surface area contributed by atoms with Crippen LogP contribution in [0.25, 0.3) is 0 Å². The summed E-state index contributed by atoms with van der Waals surface area (Å²) in [5, 5.41) is 2.43. The van der Waals surface area contributed by atoms with Crippen molar-refractivity contribution < 1.29 is 18.0 Å². The molecule has 1 rings (SSSR count). The standard InChI is InChI=1S/C12H15F3N2O/c1-8(7-16)5-11(18)17-10-4-2-3-9(6-10)12(13,14)15/h2-4,6,8H,5,7,16H2,1H3,(H,17,18). The zero-order valence-electron chi connectivity index (χ0n) is 9.92. The lowest BCUT2D eigenvalue weighted by Gasteiger charge is -2.11. The first-order valence-electron chi connectivity index (χ1n) is 5.50. The van der Waals surface area contributed by atoms with Gasteiger partial charge >= 0.3 is 6.18 Å². The van der Waals surface area contributed by atoms with Crippen molar-refractivity contribution in [1.29, 1.82) is 0 Å². The van der Waals surface area contributed by atoms with Crippen molar-refractivity contribution in [3.05, 3.63) is 29.8 Å². The molecule has 1 unspecified atom stereocenters. The third-order valence-corrected chi connectivity index (χ3v) is 2.41. The number of rotatable bonds is 4. The summed E-state index contributed by atoms with van der Waals surface area (Å²) in [6.07, 6.45) is -4.22. The average molecular weight is 260 g/mol. The molecule has 6 heteroatoms. The van der Waals surface area contributed by atoms with Crippen LogP contribution in [-0.2, 0) is 11.0 Å². The van der Waals surface area contributed by atoms with Crippen LogP contribution in [0.15, 0.2) is 24.3 Å². The first-order chi connectivity index (χ1) is 8.32. The number of halogens is 3. The number of benzene rings is 1. The molecule has 0 heterocycles. The molecule has 0 aliphatic carbocycles. The van der Waals surface area contributed by atoms with E-state index >= 15 is 0 Å². The van der Waals surface area contributed by atoms with Gasteiger partial charge in [-0.05, 0) is 30.7 Å². The van der Waals surface area contributed by atoms with Crippen molar-refractivity contribution in [2.45, 2.75) is 19.5 Å². The van der Waals surface area contributed by atoms with Gasteiger partial charge in [-0.25, -0.2) is 0 Å². The topological polar surface area (TPSA) is 55.1 Å². The van der Waals surface area contributed by atoms with Gasteiger partial charge in [0.2, 0.25) is 5.91 Å². The minimum absolute atomic E-state index is 0.00389. The maximum absolute atomic E-state index is 12.4. The quantitative estimate of drug-likeness (QED) is 0.874. The summed E-state index contributed by atoms with van der Waals surface area (Å²) in [7, 11) is 0. The molecule has 0 saturated carbocycles. The van der Waals surface area contributed by atoms with Crippen LogP contribution in [0.5, 0.6) is 0 Å². The van der Waals surface area contributed by atoms with Crippen LogP contribution in [0.4, 0.5) is 18.9 Å². The molecule has 0 saturated heterocycles. The number of anilines is 1. The Hall–Kier alpha value is -1.56. The molecule has 0 bridgehead atoms. The summed E-state index contributed by atoms with van der Waals surface area (Å²) in [4.78, 5) is 11.5. The molecule has 1 atom stereocenters. The Morgan fingerprint density at radius 2 is 2.11 bits per heavy atom. The Bertz CT molecular complexity index is 418. The highest BCUT2D eigenvalue weighted by atomic mass is 19.4. The van der Waals surface area contributed by atoms with Crippen LogP contribution in [0.3, 0.4) is 0 Å². The van der Waals surface area contributed by atoms with Crippen molar-refractivity contribution in [3.63, 3.8) is 0 Å². The zero-order chi connectivity index (χ0) is 13.8. The predicted molar refractivity (Wildman–Crippen MR) is 62.9 cm³/mol. The zero-order valence-corrected chi connectivity index (χ0v) is 9.92. The number of alkyl halides is 3. The first kappa shape index (κ1) is 14.5. The normalized spacial score (nSPS) is 13.2. The van der Waals surface area contributed by atoms with E-state index in [1.807, 2.05) is 0 Å². The van der Waals surface area contributed by atoms with E-state index in [9.17, 15) is 18.0 Å². The predicted octanol–water partition coefficient (Wildman–Crippen LogP) is 2.63. The second-order valence-corrected chi connectivity index (χ2v) is 4.17. The molecule has 0 aliphatic heterocycles. The lowest BCUT2D eigenvalue weighted by atomic mass is 10.1. The molecule has 0 radical (unpaired) electrons. The van der Waals surface area contributed by atoms with Gasteiger partial charge in [0, 0.05) is 12.1 Å². The molecule has 100 valence electrons. The SMILES string of the molecule is CC(CN)CC(=O)Nc1cccc(C(F)(F)F)c1. The summed E-state index contributed by atoms with van der Waals surface area (Å²) >= 11 is 0. The smallest absolute Gasteiger partial charge is 0.330 e. The number of hydrogen-bond donors (Lipinski definition) is 2.